The van der Waals surface area contributed by atoms with Crippen molar-refractivity contribution < 1.29 is 43.5 Å². The van der Waals surface area contributed by atoms with Crippen molar-refractivity contribution in [3.63, 3.8) is 0 Å². The first kappa shape index (κ1) is 39.7. The third-order valence-electron chi connectivity index (χ3n) is 7.47. The van der Waals surface area contributed by atoms with Gasteiger partial charge in [-0.15, -0.1) is 0 Å². The number of unbranched alkanes of at least 4 members (excludes halogenated alkanes) is 1. The summed E-state index contributed by atoms with van der Waals surface area (Å²) in [6.07, 6.45) is 1.83. The molecule has 0 spiro atoms. The van der Waals surface area contributed by atoms with E-state index in [1.807, 2.05) is 0 Å². The standard InChI is InChI=1S/C29H50N8O9/c1-16-11-12-22(38)32-14-8-6-10-20(29(46)37-21(15-23(39)40)27(44)31-4)36-26(43)18(3)33-25(42)17(2)34-28(45)19(35-24(16)41)9-5-7-13-30/h16-21H,5-15,30H2,1-4H3,(H,31,44)(H,32,38)(H,33,42)(H,34,45)(H,35,41)(H,36,43)(H,37,46)(H,39,40)/t16-,17-,18-,19-,20-,21?/m0/s1. The zero-order valence-electron chi connectivity index (χ0n) is 27.0. The molecule has 17 heteroatoms. The molecule has 17 nitrogen and oxygen atoms in total. The van der Waals surface area contributed by atoms with E-state index >= 15 is 0 Å². The largest absolute Gasteiger partial charge is 0.481 e. The lowest BCUT2D eigenvalue weighted by Crippen LogP contribution is -2.58. The summed E-state index contributed by atoms with van der Waals surface area (Å²) < 4.78 is 0. The summed E-state index contributed by atoms with van der Waals surface area (Å²) in [5, 5.41) is 26.8. The van der Waals surface area contributed by atoms with Crippen LogP contribution in [-0.2, 0) is 38.4 Å². The molecule has 0 aromatic rings. The van der Waals surface area contributed by atoms with Crippen LogP contribution in [0.2, 0.25) is 0 Å². The van der Waals surface area contributed by atoms with Gasteiger partial charge >= 0.3 is 5.97 Å². The first-order valence-electron chi connectivity index (χ1n) is 15.6. The molecule has 0 aromatic heterocycles. The minimum absolute atomic E-state index is 0.0548. The Hall–Kier alpha value is -4.28. The zero-order valence-corrected chi connectivity index (χ0v) is 27.0. The summed E-state index contributed by atoms with van der Waals surface area (Å²) in [5.41, 5.74) is 5.57. The number of carboxylic acids is 1. The zero-order chi connectivity index (χ0) is 34.8. The molecule has 1 saturated heterocycles. The van der Waals surface area contributed by atoms with E-state index in [0.29, 0.717) is 32.2 Å². The maximum atomic E-state index is 13.1. The summed E-state index contributed by atoms with van der Waals surface area (Å²) >= 11 is 0. The number of aliphatic carboxylic acids is 1. The molecular formula is C29H50N8O9. The lowest BCUT2D eigenvalue weighted by atomic mass is 10.0. The van der Waals surface area contributed by atoms with Gasteiger partial charge in [0.25, 0.3) is 0 Å². The van der Waals surface area contributed by atoms with E-state index in [1.165, 1.54) is 20.9 Å². The van der Waals surface area contributed by atoms with E-state index < -0.39 is 84.0 Å². The Morgan fingerprint density at radius 2 is 1.50 bits per heavy atom. The second-order valence-electron chi connectivity index (χ2n) is 11.4. The minimum Gasteiger partial charge on any atom is -0.481 e. The van der Waals surface area contributed by atoms with E-state index in [1.54, 1.807) is 6.92 Å². The Bertz CT molecular complexity index is 1100. The van der Waals surface area contributed by atoms with Crippen LogP contribution < -0.4 is 43.0 Å². The van der Waals surface area contributed by atoms with Crippen molar-refractivity contribution in [1.29, 1.82) is 0 Å². The molecule has 0 aliphatic carbocycles. The molecule has 0 radical (unpaired) electrons. The second kappa shape index (κ2) is 20.7. The number of rotatable bonds is 9. The van der Waals surface area contributed by atoms with Crippen LogP contribution in [0.3, 0.4) is 0 Å². The molecule has 1 aliphatic heterocycles. The third kappa shape index (κ3) is 14.7. The number of nitrogens with two attached hydrogens (primary N) is 1. The fraction of sp³-hybridized carbons (Fsp3) is 0.724. The average molecular weight is 655 g/mol. The highest BCUT2D eigenvalue weighted by Crippen LogP contribution is 2.10. The smallest absolute Gasteiger partial charge is 0.305 e. The number of hydrogen-bond acceptors (Lipinski definition) is 9. The first-order chi connectivity index (χ1) is 21.7. The van der Waals surface area contributed by atoms with Crippen molar-refractivity contribution >= 4 is 47.3 Å². The molecule has 0 aromatic carbocycles. The number of likely N-dealkylation sites (N-methyl/N-ethyl adjacent to an activating group) is 1. The van der Waals surface area contributed by atoms with E-state index in [2.05, 4.69) is 37.2 Å². The molecule has 0 saturated carbocycles. The highest BCUT2D eigenvalue weighted by atomic mass is 16.4. The number of carbonyl (C=O) groups excluding carboxylic acids is 7. The summed E-state index contributed by atoms with van der Waals surface area (Å²) in [6.45, 7) is 5.06. The number of nitrogens with one attached hydrogen (secondary N) is 7. The summed E-state index contributed by atoms with van der Waals surface area (Å²) in [7, 11) is 1.28. The molecule has 1 heterocycles. The van der Waals surface area contributed by atoms with Gasteiger partial charge in [0.05, 0.1) is 6.42 Å². The van der Waals surface area contributed by atoms with Crippen LogP contribution in [0, 0.1) is 5.92 Å². The van der Waals surface area contributed by atoms with Gasteiger partial charge in [0.1, 0.15) is 30.2 Å². The highest BCUT2D eigenvalue weighted by molar-refractivity contribution is 5.96. The van der Waals surface area contributed by atoms with Gasteiger partial charge in [0.2, 0.25) is 41.4 Å². The lowest BCUT2D eigenvalue weighted by Gasteiger charge is -2.25. The van der Waals surface area contributed by atoms with Gasteiger partial charge in [0.15, 0.2) is 0 Å². The summed E-state index contributed by atoms with van der Waals surface area (Å²) in [6, 6.07) is -5.83. The van der Waals surface area contributed by atoms with Gasteiger partial charge in [-0.2, -0.15) is 0 Å². The fourth-order valence-corrected chi connectivity index (χ4v) is 4.52. The molecule has 1 unspecified atom stereocenters. The van der Waals surface area contributed by atoms with Crippen LogP contribution in [-0.4, -0.2) is 103 Å². The number of hydrogen-bond donors (Lipinski definition) is 9. The molecule has 6 atom stereocenters. The van der Waals surface area contributed by atoms with Crippen molar-refractivity contribution in [2.24, 2.45) is 11.7 Å². The number of amides is 7. The maximum Gasteiger partial charge on any atom is 0.305 e. The lowest BCUT2D eigenvalue weighted by molar-refractivity contribution is -0.141. The second-order valence-corrected chi connectivity index (χ2v) is 11.4. The van der Waals surface area contributed by atoms with Crippen LogP contribution >= 0.6 is 0 Å². The number of carboxylic acid groups (broad SMARTS) is 1. The minimum atomic E-state index is -1.40. The van der Waals surface area contributed by atoms with Gasteiger partial charge in [-0.25, -0.2) is 0 Å². The van der Waals surface area contributed by atoms with E-state index in [9.17, 15) is 38.4 Å². The topological polar surface area (TPSA) is 267 Å². The molecule has 260 valence electrons. The molecule has 10 N–H and O–H groups in total. The van der Waals surface area contributed by atoms with Crippen LogP contribution in [0.4, 0.5) is 0 Å². The first-order valence-corrected chi connectivity index (χ1v) is 15.6. The van der Waals surface area contributed by atoms with Gasteiger partial charge in [-0.3, -0.25) is 38.4 Å². The molecule has 1 rings (SSSR count). The monoisotopic (exact) mass is 654 g/mol. The molecule has 1 aliphatic rings. The number of carbonyl (C=O) groups is 8. The Labute approximate surface area is 268 Å². The van der Waals surface area contributed by atoms with Crippen LogP contribution in [0.5, 0.6) is 0 Å². The Balaban J connectivity index is 3.18. The Kier molecular flexibility index (Phi) is 17.9. The molecule has 0 bridgehead atoms. The normalized spacial score (nSPS) is 25.2. The van der Waals surface area contributed by atoms with Crippen molar-refractivity contribution in [2.75, 3.05) is 20.1 Å². The van der Waals surface area contributed by atoms with Crippen molar-refractivity contribution in [3.8, 4) is 0 Å². The highest BCUT2D eigenvalue weighted by Gasteiger charge is 2.31. The molecule has 46 heavy (non-hydrogen) atoms. The molecular weight excluding hydrogens is 604 g/mol. The van der Waals surface area contributed by atoms with Crippen LogP contribution in [0.1, 0.15) is 78.6 Å². The Morgan fingerprint density at radius 1 is 0.870 bits per heavy atom. The predicted octanol–water partition coefficient (Wildman–Crippen LogP) is -2.48. The maximum absolute atomic E-state index is 13.1. The third-order valence-corrected chi connectivity index (χ3v) is 7.47. The van der Waals surface area contributed by atoms with Crippen molar-refractivity contribution in [3.05, 3.63) is 0 Å². The van der Waals surface area contributed by atoms with E-state index in [0.717, 1.165) is 0 Å². The van der Waals surface area contributed by atoms with Crippen LogP contribution in [0.25, 0.3) is 0 Å². The van der Waals surface area contributed by atoms with Crippen molar-refractivity contribution in [2.45, 2.75) is 109 Å². The van der Waals surface area contributed by atoms with Crippen molar-refractivity contribution in [1.82, 2.24) is 37.2 Å². The van der Waals surface area contributed by atoms with E-state index in [4.69, 9.17) is 10.8 Å². The predicted molar refractivity (Wildman–Crippen MR) is 165 cm³/mol. The van der Waals surface area contributed by atoms with Crippen LogP contribution in [0.15, 0.2) is 0 Å². The molecule has 1 fully saturated rings. The van der Waals surface area contributed by atoms with E-state index in [-0.39, 0.29) is 38.1 Å². The van der Waals surface area contributed by atoms with Gasteiger partial charge < -0.3 is 48.1 Å². The SMILES string of the molecule is CNC(=O)C(CC(=O)O)NC(=O)[C@@H]1CCCCNC(=O)CC[C@H](C)C(=O)N[C@@H](CCCCN)C(=O)N[C@@H](C)C(=O)N[C@@H](C)C(=O)N1. The van der Waals surface area contributed by atoms with Gasteiger partial charge in [0, 0.05) is 25.9 Å². The summed E-state index contributed by atoms with van der Waals surface area (Å²) in [4.78, 5) is 101. The Morgan fingerprint density at radius 3 is 2.11 bits per heavy atom. The quantitative estimate of drug-likeness (QED) is 0.118. The summed E-state index contributed by atoms with van der Waals surface area (Å²) in [5.74, 6) is -6.22. The van der Waals surface area contributed by atoms with Gasteiger partial charge in [-0.1, -0.05) is 6.92 Å². The molecule has 7 amide bonds. The fourth-order valence-electron chi connectivity index (χ4n) is 4.52. The van der Waals surface area contributed by atoms with Gasteiger partial charge in [-0.05, 0) is 65.3 Å². The average Bonchev–Trinajstić information content (AvgIpc) is 3.00.